The number of nitrogens with zero attached hydrogens (tertiary/aromatic N) is 3. The molecule has 1 heterocycles. The van der Waals surface area contributed by atoms with E-state index in [2.05, 4.69) is 0 Å². The average Bonchev–Trinajstić information content (AvgIpc) is 3.10. The number of nitro benzene ring substituents is 1. The number of allylic oxidation sites excluding steroid dienone is 2. The number of imide groups is 1. The van der Waals surface area contributed by atoms with Crippen molar-refractivity contribution >= 4 is 29.2 Å². The van der Waals surface area contributed by atoms with Crippen LogP contribution in [-0.4, -0.2) is 52.1 Å². The maximum Gasteiger partial charge on any atom is 0.282 e. The normalized spacial score (nSPS) is 19.1. The van der Waals surface area contributed by atoms with Crippen molar-refractivity contribution in [3.8, 4) is 5.75 Å². The lowest BCUT2D eigenvalue weighted by Crippen LogP contribution is -2.52. The van der Waals surface area contributed by atoms with Gasteiger partial charge in [0.25, 0.3) is 23.4 Å². The van der Waals surface area contributed by atoms with Crippen LogP contribution in [0.4, 0.5) is 5.69 Å². The van der Waals surface area contributed by atoms with Gasteiger partial charge in [0.2, 0.25) is 0 Å². The van der Waals surface area contributed by atoms with Gasteiger partial charge in [-0.05, 0) is 50.1 Å². The van der Waals surface area contributed by atoms with Gasteiger partial charge in [0, 0.05) is 11.6 Å². The molecule has 10 nitrogen and oxygen atoms in total. The smallest absolute Gasteiger partial charge is 0.282 e. The Balaban J connectivity index is 1.73. The third-order valence-electron chi connectivity index (χ3n) is 6.31. The monoisotopic (exact) mass is 477 g/mol. The van der Waals surface area contributed by atoms with Gasteiger partial charge in [-0.1, -0.05) is 23.8 Å². The Bertz CT molecular complexity index is 1250. The molecule has 1 aliphatic heterocycles. The molecule has 3 amide bonds. The summed E-state index contributed by atoms with van der Waals surface area (Å²) in [6.07, 6.45) is 2.59. The van der Waals surface area contributed by atoms with E-state index >= 15 is 0 Å². The Kier molecular flexibility index (Phi) is 6.46. The topological polar surface area (TPSA) is 127 Å². The third-order valence-corrected chi connectivity index (χ3v) is 6.31. The van der Waals surface area contributed by atoms with E-state index in [0.29, 0.717) is 23.6 Å². The Hall–Kier alpha value is -4.34. The SMILES string of the molecule is COc1ccc(C(=O)CN(C(=O)c2ccccc2[N+](=O)[O-])N2C(=O)[C@H]3CC(C)=CC[C@H]3C2=O)cc1. The zero-order chi connectivity index (χ0) is 25.3. The van der Waals surface area contributed by atoms with Crippen LogP contribution >= 0.6 is 0 Å². The van der Waals surface area contributed by atoms with Gasteiger partial charge in [-0.3, -0.25) is 29.3 Å². The number of carbonyl (C=O) groups excluding carboxylic acids is 4. The van der Waals surface area contributed by atoms with Gasteiger partial charge in [-0.2, -0.15) is 5.01 Å². The van der Waals surface area contributed by atoms with Gasteiger partial charge in [0.15, 0.2) is 5.78 Å². The minimum atomic E-state index is -0.982. The van der Waals surface area contributed by atoms with Crippen molar-refractivity contribution in [2.45, 2.75) is 19.8 Å². The van der Waals surface area contributed by atoms with Crippen LogP contribution in [0.2, 0.25) is 0 Å². The summed E-state index contributed by atoms with van der Waals surface area (Å²) in [6.45, 7) is 1.21. The zero-order valence-corrected chi connectivity index (χ0v) is 19.2. The molecule has 1 aliphatic carbocycles. The first-order chi connectivity index (χ1) is 16.7. The minimum absolute atomic E-state index is 0.222. The fraction of sp³-hybridized carbons (Fsp3) is 0.280. The molecule has 2 atom stereocenters. The lowest BCUT2D eigenvalue weighted by atomic mass is 9.82. The van der Waals surface area contributed by atoms with E-state index < -0.39 is 52.5 Å². The molecule has 0 unspecified atom stereocenters. The molecule has 0 radical (unpaired) electrons. The summed E-state index contributed by atoms with van der Waals surface area (Å²) in [6, 6.07) is 11.3. The molecule has 0 bridgehead atoms. The summed E-state index contributed by atoms with van der Waals surface area (Å²) in [7, 11) is 1.48. The second-order valence-corrected chi connectivity index (χ2v) is 8.48. The number of methoxy groups -OCH3 is 1. The predicted molar refractivity (Wildman–Crippen MR) is 123 cm³/mol. The van der Waals surface area contributed by atoms with Gasteiger partial charge in [0.05, 0.1) is 23.9 Å². The number of Topliss-reactive ketones (excluding diaryl/α,β-unsaturated/α-hetero) is 1. The van der Waals surface area contributed by atoms with Crippen molar-refractivity contribution in [1.29, 1.82) is 0 Å². The highest BCUT2D eigenvalue weighted by Gasteiger charge is 2.52. The zero-order valence-electron chi connectivity index (χ0n) is 19.2. The second kappa shape index (κ2) is 9.49. The molecule has 2 aromatic carbocycles. The fourth-order valence-electron chi connectivity index (χ4n) is 4.45. The Morgan fingerprint density at radius 2 is 1.74 bits per heavy atom. The summed E-state index contributed by atoms with van der Waals surface area (Å²) in [4.78, 5) is 64.1. The molecule has 0 saturated carbocycles. The Morgan fingerprint density at radius 3 is 2.40 bits per heavy atom. The third kappa shape index (κ3) is 4.42. The van der Waals surface area contributed by atoms with Gasteiger partial charge in [-0.15, -0.1) is 0 Å². The van der Waals surface area contributed by atoms with Gasteiger partial charge in [0.1, 0.15) is 17.9 Å². The number of rotatable bonds is 7. The average molecular weight is 477 g/mol. The first kappa shape index (κ1) is 23.8. The first-order valence-corrected chi connectivity index (χ1v) is 11.0. The van der Waals surface area contributed by atoms with Crippen LogP contribution in [0.25, 0.3) is 0 Å². The minimum Gasteiger partial charge on any atom is -0.497 e. The highest BCUT2D eigenvalue weighted by molar-refractivity contribution is 6.10. The van der Waals surface area contributed by atoms with Crippen molar-refractivity contribution in [3.63, 3.8) is 0 Å². The van der Waals surface area contributed by atoms with Crippen molar-refractivity contribution in [2.24, 2.45) is 11.8 Å². The molecule has 2 aliphatic rings. The van der Waals surface area contributed by atoms with Crippen LogP contribution in [0.3, 0.4) is 0 Å². The van der Waals surface area contributed by atoms with Gasteiger partial charge in [-0.25, -0.2) is 5.01 Å². The van der Waals surface area contributed by atoms with E-state index in [-0.39, 0.29) is 11.1 Å². The fourth-order valence-corrected chi connectivity index (χ4v) is 4.45. The molecule has 4 rings (SSSR count). The van der Waals surface area contributed by atoms with E-state index in [1.54, 1.807) is 12.1 Å². The number of hydrazine groups is 1. The van der Waals surface area contributed by atoms with Crippen LogP contribution in [-0.2, 0) is 9.59 Å². The summed E-state index contributed by atoms with van der Waals surface area (Å²) in [5.41, 5.74) is 0.360. The number of hydrogen-bond donors (Lipinski definition) is 0. The number of ketones is 1. The van der Waals surface area contributed by atoms with Crippen LogP contribution in [0.15, 0.2) is 60.2 Å². The summed E-state index contributed by atoms with van der Waals surface area (Å²) >= 11 is 0. The number of nitro groups is 1. The number of para-hydroxylation sites is 1. The summed E-state index contributed by atoms with van der Waals surface area (Å²) in [5.74, 6) is -3.51. The van der Waals surface area contributed by atoms with Crippen molar-refractivity contribution in [3.05, 3.63) is 81.4 Å². The number of ether oxygens (including phenoxy) is 1. The van der Waals surface area contributed by atoms with Gasteiger partial charge < -0.3 is 4.74 Å². The largest absolute Gasteiger partial charge is 0.497 e. The van der Waals surface area contributed by atoms with Crippen molar-refractivity contribution in [2.75, 3.05) is 13.7 Å². The number of fused-ring (bicyclic) bond motifs is 1. The lowest BCUT2D eigenvalue weighted by Gasteiger charge is -2.30. The molecule has 2 aromatic rings. The summed E-state index contributed by atoms with van der Waals surface area (Å²) in [5, 5.41) is 13.0. The summed E-state index contributed by atoms with van der Waals surface area (Å²) < 4.78 is 5.09. The number of carbonyl (C=O) groups is 4. The van der Waals surface area contributed by atoms with E-state index in [1.807, 2.05) is 13.0 Å². The molecular weight excluding hydrogens is 454 g/mol. The number of benzene rings is 2. The molecule has 35 heavy (non-hydrogen) atoms. The number of amides is 3. The molecule has 10 heteroatoms. The lowest BCUT2D eigenvalue weighted by molar-refractivity contribution is -0.385. The molecule has 0 N–H and O–H groups in total. The van der Waals surface area contributed by atoms with Crippen molar-refractivity contribution in [1.82, 2.24) is 10.0 Å². The van der Waals surface area contributed by atoms with E-state index in [4.69, 9.17) is 4.74 Å². The van der Waals surface area contributed by atoms with Crippen LogP contribution in [0, 0.1) is 22.0 Å². The molecule has 1 fully saturated rings. The van der Waals surface area contributed by atoms with Crippen LogP contribution < -0.4 is 4.74 Å². The van der Waals surface area contributed by atoms with Crippen LogP contribution in [0.5, 0.6) is 5.75 Å². The predicted octanol–water partition coefficient (Wildman–Crippen LogP) is 3.18. The Morgan fingerprint density at radius 1 is 1.09 bits per heavy atom. The van der Waals surface area contributed by atoms with E-state index in [9.17, 15) is 29.3 Å². The maximum absolute atomic E-state index is 13.6. The van der Waals surface area contributed by atoms with E-state index in [0.717, 1.165) is 16.6 Å². The quantitative estimate of drug-likeness (QED) is 0.197. The second-order valence-electron chi connectivity index (χ2n) is 8.48. The molecule has 0 spiro atoms. The highest BCUT2D eigenvalue weighted by atomic mass is 16.6. The first-order valence-electron chi connectivity index (χ1n) is 11.0. The highest BCUT2D eigenvalue weighted by Crippen LogP contribution is 2.39. The number of hydrogen-bond acceptors (Lipinski definition) is 7. The Labute approximate surface area is 200 Å². The van der Waals surface area contributed by atoms with E-state index in [1.165, 1.54) is 37.4 Å². The van der Waals surface area contributed by atoms with Crippen LogP contribution in [0.1, 0.15) is 40.5 Å². The molecular formula is C25H23N3O7. The maximum atomic E-state index is 13.6. The molecule has 180 valence electrons. The standard InChI is InChI=1S/C25H23N3O7/c1-15-7-12-18-20(13-15)25(32)27(24(18)31)26(14-22(29)16-8-10-17(35-2)11-9-16)23(30)19-5-3-4-6-21(19)28(33)34/h3-11,18,20H,12-14H2,1-2H3/t18-,20+/m1/s1. The molecule has 0 aromatic heterocycles. The molecule has 1 saturated heterocycles. The van der Waals surface area contributed by atoms with Gasteiger partial charge >= 0.3 is 0 Å². The van der Waals surface area contributed by atoms with Crippen molar-refractivity contribution < 1.29 is 28.8 Å².